The van der Waals surface area contributed by atoms with Gasteiger partial charge in [-0.1, -0.05) is 37.1 Å². The first-order chi connectivity index (χ1) is 9.20. The summed E-state index contributed by atoms with van der Waals surface area (Å²) in [6, 6.07) is 8.09. The van der Waals surface area contributed by atoms with Gasteiger partial charge in [-0.15, -0.1) is 0 Å². The van der Waals surface area contributed by atoms with Crippen LogP contribution in [0.2, 0.25) is 5.15 Å². The summed E-state index contributed by atoms with van der Waals surface area (Å²) in [7, 11) is 0. The van der Waals surface area contributed by atoms with Gasteiger partial charge in [0.05, 0.1) is 0 Å². The fourth-order valence-electron chi connectivity index (χ4n) is 1.73. The van der Waals surface area contributed by atoms with Gasteiger partial charge in [0.25, 0.3) is 0 Å². The van der Waals surface area contributed by atoms with Gasteiger partial charge >= 0.3 is 0 Å². The maximum Gasteiger partial charge on any atom is 0.226 e. The van der Waals surface area contributed by atoms with E-state index in [1.165, 1.54) is 24.7 Å². The molecule has 1 aromatic carbocycles. The second-order valence-corrected chi connectivity index (χ2v) is 4.80. The molecule has 0 saturated carbocycles. The molecule has 0 atom stereocenters. The van der Waals surface area contributed by atoms with Crippen LogP contribution in [0.5, 0.6) is 11.6 Å². The second-order valence-electron chi connectivity index (χ2n) is 4.44. The van der Waals surface area contributed by atoms with E-state index < -0.39 is 0 Å². The number of aromatic nitrogens is 2. The van der Waals surface area contributed by atoms with Crippen LogP contribution in [0.25, 0.3) is 0 Å². The molecule has 1 heterocycles. The zero-order chi connectivity index (χ0) is 13.7. The Morgan fingerprint density at radius 1 is 1.16 bits per heavy atom. The molecule has 4 heteroatoms. The van der Waals surface area contributed by atoms with Gasteiger partial charge in [-0.05, 0) is 37.5 Å². The highest BCUT2D eigenvalue weighted by atomic mass is 35.5. The molecular formula is C15H17ClN2O. The monoisotopic (exact) mass is 276 g/mol. The van der Waals surface area contributed by atoms with Crippen molar-refractivity contribution >= 4 is 11.6 Å². The topological polar surface area (TPSA) is 35.0 Å². The van der Waals surface area contributed by atoms with Gasteiger partial charge in [0.1, 0.15) is 17.2 Å². The lowest BCUT2D eigenvalue weighted by molar-refractivity contribution is 0.457. The predicted octanol–water partition coefficient (Wildman–Crippen LogP) is 4.57. The van der Waals surface area contributed by atoms with Crippen molar-refractivity contribution in [2.75, 3.05) is 0 Å². The van der Waals surface area contributed by atoms with E-state index in [4.69, 9.17) is 16.3 Å². The summed E-state index contributed by atoms with van der Waals surface area (Å²) in [5.74, 6) is 1.26. The Bertz CT molecular complexity index is 540. The Morgan fingerprint density at radius 3 is 2.58 bits per heavy atom. The fourth-order valence-corrected chi connectivity index (χ4v) is 1.86. The van der Waals surface area contributed by atoms with Gasteiger partial charge in [-0.2, -0.15) is 0 Å². The second kappa shape index (κ2) is 6.53. The van der Waals surface area contributed by atoms with Crippen molar-refractivity contribution in [3.05, 3.63) is 46.9 Å². The third-order valence-electron chi connectivity index (χ3n) is 2.93. The molecule has 0 unspecified atom stereocenters. The number of halogens is 1. The number of ether oxygens (including phenoxy) is 1. The summed E-state index contributed by atoms with van der Waals surface area (Å²) in [6.45, 7) is 4.03. The molecule has 0 aliphatic heterocycles. The van der Waals surface area contributed by atoms with Crippen molar-refractivity contribution in [2.24, 2.45) is 0 Å². The van der Waals surface area contributed by atoms with Gasteiger partial charge in [-0.3, -0.25) is 0 Å². The van der Waals surface area contributed by atoms with E-state index in [-0.39, 0.29) is 0 Å². The lowest BCUT2D eigenvalue weighted by Gasteiger charge is -2.08. The predicted molar refractivity (Wildman–Crippen MR) is 76.9 cm³/mol. The minimum atomic E-state index is 0.421. The van der Waals surface area contributed by atoms with Crippen LogP contribution < -0.4 is 4.74 Å². The van der Waals surface area contributed by atoms with Crippen molar-refractivity contribution < 1.29 is 4.74 Å². The van der Waals surface area contributed by atoms with Gasteiger partial charge in [-0.25, -0.2) is 9.97 Å². The lowest BCUT2D eigenvalue weighted by atomic mass is 10.1. The Balaban J connectivity index is 2.09. The van der Waals surface area contributed by atoms with E-state index in [0.29, 0.717) is 11.0 Å². The van der Waals surface area contributed by atoms with Crippen LogP contribution in [0.1, 0.15) is 30.9 Å². The van der Waals surface area contributed by atoms with E-state index in [1.807, 2.05) is 19.1 Å². The first-order valence-electron chi connectivity index (χ1n) is 6.44. The highest BCUT2D eigenvalue weighted by Crippen LogP contribution is 2.26. The molecule has 2 aromatic rings. The minimum absolute atomic E-state index is 0.421. The van der Waals surface area contributed by atoms with Crippen molar-refractivity contribution in [2.45, 2.75) is 33.1 Å². The smallest absolute Gasteiger partial charge is 0.226 e. The summed E-state index contributed by atoms with van der Waals surface area (Å²) in [6.07, 6.45) is 4.92. The zero-order valence-electron chi connectivity index (χ0n) is 11.2. The number of hydrogen-bond donors (Lipinski definition) is 0. The molecule has 0 amide bonds. The van der Waals surface area contributed by atoms with E-state index in [2.05, 4.69) is 29.0 Å². The number of unbranched alkanes of at least 4 members (excludes halogenated alkanes) is 1. The Labute approximate surface area is 118 Å². The molecule has 0 bridgehead atoms. The SMILES string of the molecule is CCCCc1ccc(Oc2ncnc(Cl)c2C)cc1. The Kier molecular flexibility index (Phi) is 4.74. The van der Waals surface area contributed by atoms with Crippen LogP contribution in [0.15, 0.2) is 30.6 Å². The van der Waals surface area contributed by atoms with Gasteiger partial charge in [0, 0.05) is 5.56 Å². The van der Waals surface area contributed by atoms with Crippen LogP contribution in [0, 0.1) is 6.92 Å². The highest BCUT2D eigenvalue weighted by Gasteiger charge is 2.07. The molecule has 0 spiro atoms. The van der Waals surface area contributed by atoms with Crippen molar-refractivity contribution in [3.63, 3.8) is 0 Å². The molecule has 0 radical (unpaired) electrons. The number of rotatable bonds is 5. The van der Waals surface area contributed by atoms with Crippen molar-refractivity contribution in [1.82, 2.24) is 9.97 Å². The Hall–Kier alpha value is -1.61. The minimum Gasteiger partial charge on any atom is -0.439 e. The van der Waals surface area contributed by atoms with Crippen LogP contribution in [0.4, 0.5) is 0 Å². The molecule has 1 aromatic heterocycles. The third-order valence-corrected chi connectivity index (χ3v) is 3.31. The summed E-state index contributed by atoms with van der Waals surface area (Å²) in [5.41, 5.74) is 2.07. The molecule has 0 N–H and O–H groups in total. The normalized spacial score (nSPS) is 10.5. The first kappa shape index (κ1) is 13.8. The van der Waals surface area contributed by atoms with Crippen LogP contribution in [0.3, 0.4) is 0 Å². The number of nitrogens with zero attached hydrogens (tertiary/aromatic N) is 2. The largest absolute Gasteiger partial charge is 0.439 e. The molecule has 19 heavy (non-hydrogen) atoms. The van der Waals surface area contributed by atoms with Crippen LogP contribution >= 0.6 is 11.6 Å². The average Bonchev–Trinajstić information content (AvgIpc) is 2.43. The number of benzene rings is 1. The summed E-state index contributed by atoms with van der Waals surface area (Å²) >= 11 is 5.93. The molecular weight excluding hydrogens is 260 g/mol. The number of aryl methyl sites for hydroxylation is 1. The summed E-state index contributed by atoms with van der Waals surface area (Å²) in [4.78, 5) is 7.99. The molecule has 100 valence electrons. The molecule has 0 aliphatic carbocycles. The van der Waals surface area contributed by atoms with Gasteiger partial charge < -0.3 is 4.74 Å². The Morgan fingerprint density at radius 2 is 1.89 bits per heavy atom. The summed E-state index contributed by atoms with van der Waals surface area (Å²) < 4.78 is 5.71. The van der Waals surface area contributed by atoms with E-state index >= 15 is 0 Å². The van der Waals surface area contributed by atoms with Crippen molar-refractivity contribution in [3.8, 4) is 11.6 Å². The van der Waals surface area contributed by atoms with Crippen molar-refractivity contribution in [1.29, 1.82) is 0 Å². The fraction of sp³-hybridized carbons (Fsp3) is 0.333. The standard InChI is InChI=1S/C15H17ClN2O/c1-3-4-5-12-6-8-13(9-7-12)19-15-11(2)14(16)17-10-18-15/h6-10H,3-5H2,1-2H3. The molecule has 2 rings (SSSR count). The van der Waals surface area contributed by atoms with Crippen LogP contribution in [-0.4, -0.2) is 9.97 Å². The quantitative estimate of drug-likeness (QED) is 0.750. The molecule has 0 saturated heterocycles. The highest BCUT2D eigenvalue weighted by molar-refractivity contribution is 6.30. The molecule has 3 nitrogen and oxygen atoms in total. The molecule has 0 aliphatic rings. The van der Waals surface area contributed by atoms with E-state index in [0.717, 1.165) is 17.7 Å². The van der Waals surface area contributed by atoms with E-state index in [9.17, 15) is 0 Å². The van der Waals surface area contributed by atoms with Crippen LogP contribution in [-0.2, 0) is 6.42 Å². The lowest BCUT2D eigenvalue weighted by Crippen LogP contribution is -1.94. The van der Waals surface area contributed by atoms with Gasteiger partial charge in [0.15, 0.2) is 0 Å². The molecule has 0 fully saturated rings. The van der Waals surface area contributed by atoms with Gasteiger partial charge in [0.2, 0.25) is 5.88 Å². The van der Waals surface area contributed by atoms with E-state index in [1.54, 1.807) is 0 Å². The maximum atomic E-state index is 5.93. The zero-order valence-corrected chi connectivity index (χ0v) is 11.9. The average molecular weight is 277 g/mol. The first-order valence-corrected chi connectivity index (χ1v) is 6.82. The summed E-state index contributed by atoms with van der Waals surface area (Å²) in [5, 5.41) is 0.421. The number of hydrogen-bond acceptors (Lipinski definition) is 3. The third kappa shape index (κ3) is 3.67. The maximum absolute atomic E-state index is 5.93.